The van der Waals surface area contributed by atoms with E-state index in [1.54, 1.807) is 0 Å². The maximum atomic E-state index is 6.27. The normalized spacial score (nSPS) is 33.6. The van der Waals surface area contributed by atoms with Crippen molar-refractivity contribution in [3.05, 3.63) is 0 Å². The Morgan fingerprint density at radius 2 is 1.57 bits per heavy atom. The first-order chi connectivity index (χ1) is 9.78. The van der Waals surface area contributed by atoms with E-state index in [1.807, 2.05) is 0 Å². The molecule has 0 bridgehead atoms. The fourth-order valence-electron chi connectivity index (χ4n) is 4.53. The number of hydrogen-bond acceptors (Lipinski definition) is 3. The van der Waals surface area contributed by atoms with Crippen LogP contribution in [0.25, 0.3) is 0 Å². The van der Waals surface area contributed by atoms with E-state index in [0.717, 1.165) is 18.5 Å². The highest BCUT2D eigenvalue weighted by atomic mass is 15.2. The Morgan fingerprint density at radius 3 is 1.95 bits per heavy atom. The Morgan fingerprint density at radius 1 is 1.05 bits per heavy atom. The standard InChI is InChI=1S/C18H37N3/c1-17(2,3)15-6-10-18(14-19,11-7-15)21-12-8-16(9-13-21)20(4)5/h15-16H,6-14,19H2,1-5H3. The summed E-state index contributed by atoms with van der Waals surface area (Å²) in [5, 5.41) is 0. The number of likely N-dealkylation sites (tertiary alicyclic amines) is 1. The number of rotatable bonds is 3. The van der Waals surface area contributed by atoms with Gasteiger partial charge in [0.15, 0.2) is 0 Å². The van der Waals surface area contributed by atoms with Crippen molar-refractivity contribution in [1.29, 1.82) is 0 Å². The molecule has 0 aromatic heterocycles. The van der Waals surface area contributed by atoms with Crippen molar-refractivity contribution in [1.82, 2.24) is 9.80 Å². The summed E-state index contributed by atoms with van der Waals surface area (Å²) in [5.74, 6) is 0.872. The molecule has 1 heterocycles. The van der Waals surface area contributed by atoms with Gasteiger partial charge in [-0.3, -0.25) is 4.90 Å². The molecule has 3 nitrogen and oxygen atoms in total. The van der Waals surface area contributed by atoms with Crippen molar-refractivity contribution in [2.24, 2.45) is 17.1 Å². The van der Waals surface area contributed by atoms with E-state index in [4.69, 9.17) is 5.73 Å². The van der Waals surface area contributed by atoms with Gasteiger partial charge in [-0.2, -0.15) is 0 Å². The summed E-state index contributed by atoms with van der Waals surface area (Å²) in [6.07, 6.45) is 7.92. The first-order valence-electron chi connectivity index (χ1n) is 8.90. The smallest absolute Gasteiger partial charge is 0.0331 e. The topological polar surface area (TPSA) is 32.5 Å². The maximum absolute atomic E-state index is 6.27. The lowest BCUT2D eigenvalue weighted by Gasteiger charge is -2.52. The molecule has 2 N–H and O–H groups in total. The Balaban J connectivity index is 1.95. The van der Waals surface area contributed by atoms with Gasteiger partial charge in [0.2, 0.25) is 0 Å². The van der Waals surface area contributed by atoms with E-state index in [1.165, 1.54) is 51.6 Å². The highest BCUT2D eigenvalue weighted by Gasteiger charge is 2.42. The van der Waals surface area contributed by atoms with Gasteiger partial charge in [-0.05, 0) is 64.0 Å². The Bertz CT molecular complexity index is 316. The zero-order valence-electron chi connectivity index (χ0n) is 15.0. The Labute approximate surface area is 132 Å². The van der Waals surface area contributed by atoms with Gasteiger partial charge in [0.25, 0.3) is 0 Å². The molecule has 1 saturated heterocycles. The largest absolute Gasteiger partial charge is 0.329 e. The van der Waals surface area contributed by atoms with Crippen LogP contribution in [0.2, 0.25) is 0 Å². The third-order valence-electron chi connectivity index (χ3n) is 6.39. The van der Waals surface area contributed by atoms with Crippen molar-refractivity contribution >= 4 is 0 Å². The minimum Gasteiger partial charge on any atom is -0.329 e. The lowest BCUT2D eigenvalue weighted by atomic mass is 9.66. The number of piperidine rings is 1. The van der Waals surface area contributed by atoms with Crippen LogP contribution < -0.4 is 5.73 Å². The summed E-state index contributed by atoms with van der Waals surface area (Å²) in [7, 11) is 4.43. The second kappa shape index (κ2) is 6.55. The van der Waals surface area contributed by atoms with Gasteiger partial charge >= 0.3 is 0 Å². The lowest BCUT2D eigenvalue weighted by Crippen LogP contribution is -2.59. The molecule has 0 unspecified atom stereocenters. The van der Waals surface area contributed by atoms with Crippen molar-refractivity contribution in [3.8, 4) is 0 Å². The van der Waals surface area contributed by atoms with Gasteiger partial charge in [-0.15, -0.1) is 0 Å². The minimum atomic E-state index is 0.305. The summed E-state index contributed by atoms with van der Waals surface area (Å²) in [5.41, 5.74) is 7.03. The summed E-state index contributed by atoms with van der Waals surface area (Å²) in [6, 6.07) is 0.766. The van der Waals surface area contributed by atoms with Crippen molar-refractivity contribution in [3.63, 3.8) is 0 Å². The first-order valence-corrected chi connectivity index (χ1v) is 8.90. The van der Waals surface area contributed by atoms with Gasteiger partial charge < -0.3 is 10.6 Å². The van der Waals surface area contributed by atoms with E-state index in [2.05, 4.69) is 44.7 Å². The van der Waals surface area contributed by atoms with Gasteiger partial charge in [0, 0.05) is 31.2 Å². The van der Waals surface area contributed by atoms with Crippen LogP contribution in [0.15, 0.2) is 0 Å². The van der Waals surface area contributed by atoms with Crippen molar-refractivity contribution < 1.29 is 0 Å². The van der Waals surface area contributed by atoms with E-state index < -0.39 is 0 Å². The lowest BCUT2D eigenvalue weighted by molar-refractivity contribution is -0.00371. The average molecular weight is 296 g/mol. The predicted octanol–water partition coefficient (Wildman–Crippen LogP) is 2.95. The van der Waals surface area contributed by atoms with E-state index in [0.29, 0.717) is 11.0 Å². The molecule has 0 radical (unpaired) electrons. The molecular formula is C18H37N3. The molecule has 0 amide bonds. The fraction of sp³-hybridized carbons (Fsp3) is 1.00. The zero-order chi connectivity index (χ0) is 15.7. The third kappa shape index (κ3) is 3.80. The van der Waals surface area contributed by atoms with E-state index in [-0.39, 0.29) is 0 Å². The molecular weight excluding hydrogens is 258 g/mol. The quantitative estimate of drug-likeness (QED) is 0.869. The van der Waals surface area contributed by atoms with Crippen LogP contribution in [-0.4, -0.2) is 55.1 Å². The molecule has 2 fully saturated rings. The molecule has 21 heavy (non-hydrogen) atoms. The highest BCUT2D eigenvalue weighted by Crippen LogP contribution is 2.44. The average Bonchev–Trinajstić information content (AvgIpc) is 2.46. The molecule has 2 rings (SSSR count). The zero-order valence-corrected chi connectivity index (χ0v) is 15.0. The molecule has 0 spiro atoms. The molecule has 2 aliphatic rings. The van der Waals surface area contributed by atoms with Crippen LogP contribution in [0.5, 0.6) is 0 Å². The Hall–Kier alpha value is -0.120. The molecule has 124 valence electrons. The molecule has 0 atom stereocenters. The number of nitrogens with two attached hydrogens (primary N) is 1. The molecule has 0 aromatic rings. The van der Waals surface area contributed by atoms with Gasteiger partial charge in [0.05, 0.1) is 0 Å². The number of hydrogen-bond donors (Lipinski definition) is 1. The highest BCUT2D eigenvalue weighted by molar-refractivity contribution is 4.99. The van der Waals surface area contributed by atoms with Crippen LogP contribution >= 0.6 is 0 Å². The van der Waals surface area contributed by atoms with Crippen LogP contribution in [0, 0.1) is 11.3 Å². The third-order valence-corrected chi connectivity index (χ3v) is 6.39. The minimum absolute atomic E-state index is 0.305. The van der Waals surface area contributed by atoms with Crippen LogP contribution in [-0.2, 0) is 0 Å². The van der Waals surface area contributed by atoms with Gasteiger partial charge in [-0.1, -0.05) is 20.8 Å². The SMILES string of the molecule is CN(C)C1CCN(C2(CN)CCC(C(C)(C)C)CC2)CC1. The first kappa shape index (κ1) is 17.2. The summed E-state index contributed by atoms with van der Waals surface area (Å²) in [4.78, 5) is 5.13. The molecule has 1 aliphatic carbocycles. The predicted molar refractivity (Wildman–Crippen MR) is 91.5 cm³/mol. The van der Waals surface area contributed by atoms with Crippen molar-refractivity contribution in [2.75, 3.05) is 33.7 Å². The summed E-state index contributed by atoms with van der Waals surface area (Å²) >= 11 is 0. The maximum Gasteiger partial charge on any atom is 0.0331 e. The molecule has 1 aliphatic heterocycles. The van der Waals surface area contributed by atoms with Crippen molar-refractivity contribution in [2.45, 2.75) is 70.9 Å². The van der Waals surface area contributed by atoms with Crippen LogP contribution in [0.3, 0.4) is 0 Å². The fourth-order valence-corrected chi connectivity index (χ4v) is 4.53. The molecule has 1 saturated carbocycles. The monoisotopic (exact) mass is 295 g/mol. The van der Waals surface area contributed by atoms with Gasteiger partial charge in [-0.25, -0.2) is 0 Å². The second-order valence-electron chi connectivity index (χ2n) is 8.75. The van der Waals surface area contributed by atoms with E-state index in [9.17, 15) is 0 Å². The summed E-state index contributed by atoms with van der Waals surface area (Å²) in [6.45, 7) is 10.5. The Kier molecular flexibility index (Phi) is 5.38. The van der Waals surface area contributed by atoms with Crippen LogP contribution in [0.1, 0.15) is 59.3 Å². The molecule has 3 heteroatoms. The number of nitrogens with zero attached hydrogens (tertiary/aromatic N) is 2. The van der Waals surface area contributed by atoms with Crippen LogP contribution in [0.4, 0.5) is 0 Å². The van der Waals surface area contributed by atoms with Gasteiger partial charge in [0.1, 0.15) is 0 Å². The van der Waals surface area contributed by atoms with E-state index >= 15 is 0 Å². The molecule has 0 aromatic carbocycles. The summed E-state index contributed by atoms with van der Waals surface area (Å²) < 4.78 is 0. The second-order valence-corrected chi connectivity index (χ2v) is 8.75.